The molecule has 100 valence electrons. The molecule has 0 spiro atoms. The highest BCUT2D eigenvalue weighted by Gasteiger charge is 2.03. The molecule has 0 aliphatic rings. The van der Waals surface area contributed by atoms with Gasteiger partial charge >= 0.3 is 0 Å². The standard InChI is InChI=1S/C8H4Cl2O2.C6H14/c9-7(11)5-1-2-6(4-3-5)8(10)12;1-3-5-6-4-2/h1-4H;3-6H2,1-2H3. The van der Waals surface area contributed by atoms with E-state index in [2.05, 4.69) is 13.8 Å². The summed E-state index contributed by atoms with van der Waals surface area (Å²) in [4.78, 5) is 21.1. The van der Waals surface area contributed by atoms with E-state index in [0.29, 0.717) is 11.1 Å². The summed E-state index contributed by atoms with van der Waals surface area (Å²) in [6.07, 6.45) is 5.54. The largest absolute Gasteiger partial charge is 0.276 e. The van der Waals surface area contributed by atoms with Crippen LogP contribution < -0.4 is 0 Å². The molecule has 18 heavy (non-hydrogen) atoms. The Hall–Kier alpha value is -0.860. The summed E-state index contributed by atoms with van der Waals surface area (Å²) in [5, 5.41) is -1.10. The molecule has 0 fully saturated rings. The van der Waals surface area contributed by atoms with Crippen LogP contribution in [0.5, 0.6) is 0 Å². The summed E-state index contributed by atoms with van der Waals surface area (Å²) < 4.78 is 0. The van der Waals surface area contributed by atoms with Crippen molar-refractivity contribution in [1.29, 1.82) is 0 Å². The maximum Gasteiger partial charge on any atom is 0.252 e. The number of hydrogen-bond donors (Lipinski definition) is 0. The van der Waals surface area contributed by atoms with Gasteiger partial charge in [0.1, 0.15) is 0 Å². The molecule has 0 heterocycles. The van der Waals surface area contributed by atoms with Crippen LogP contribution in [0.1, 0.15) is 60.2 Å². The van der Waals surface area contributed by atoms with Gasteiger partial charge in [0.25, 0.3) is 10.5 Å². The van der Waals surface area contributed by atoms with Crippen molar-refractivity contribution in [2.24, 2.45) is 0 Å². The van der Waals surface area contributed by atoms with E-state index in [0.717, 1.165) is 0 Å². The molecule has 0 aliphatic carbocycles. The van der Waals surface area contributed by atoms with Gasteiger partial charge < -0.3 is 0 Å². The number of carbonyl (C=O) groups is 2. The predicted octanol–water partition coefficient (Wildman–Crippen LogP) is 5.03. The average Bonchev–Trinajstić information content (AvgIpc) is 2.37. The topological polar surface area (TPSA) is 34.1 Å². The normalized spacial score (nSPS) is 9.33. The summed E-state index contributed by atoms with van der Waals surface area (Å²) in [5.74, 6) is 0. The van der Waals surface area contributed by atoms with Gasteiger partial charge in [-0.3, -0.25) is 9.59 Å². The van der Waals surface area contributed by atoms with Gasteiger partial charge in [0.2, 0.25) is 0 Å². The molecular weight excluding hydrogens is 271 g/mol. The molecule has 0 bridgehead atoms. The lowest BCUT2D eigenvalue weighted by molar-refractivity contribution is 0.107. The Morgan fingerprint density at radius 3 is 1.28 bits per heavy atom. The Morgan fingerprint density at radius 1 is 0.833 bits per heavy atom. The summed E-state index contributed by atoms with van der Waals surface area (Å²) in [6, 6.07) is 5.80. The van der Waals surface area contributed by atoms with Crippen molar-refractivity contribution < 1.29 is 9.59 Å². The van der Waals surface area contributed by atoms with Crippen LogP contribution in [0.15, 0.2) is 24.3 Å². The third kappa shape index (κ3) is 7.46. The zero-order valence-corrected chi connectivity index (χ0v) is 12.2. The van der Waals surface area contributed by atoms with E-state index < -0.39 is 10.5 Å². The van der Waals surface area contributed by atoms with Gasteiger partial charge in [0.15, 0.2) is 0 Å². The Labute approximate surface area is 118 Å². The van der Waals surface area contributed by atoms with Gasteiger partial charge in [-0.15, -0.1) is 0 Å². The molecular formula is C14H18Cl2O2. The smallest absolute Gasteiger partial charge is 0.252 e. The summed E-state index contributed by atoms with van der Waals surface area (Å²) in [7, 11) is 0. The van der Waals surface area contributed by atoms with E-state index in [1.165, 1.54) is 49.9 Å². The number of hydrogen-bond acceptors (Lipinski definition) is 2. The highest BCUT2D eigenvalue weighted by molar-refractivity contribution is 6.68. The van der Waals surface area contributed by atoms with E-state index in [1.54, 1.807) is 0 Å². The van der Waals surface area contributed by atoms with Gasteiger partial charge in [0, 0.05) is 11.1 Å². The molecule has 0 amide bonds. The van der Waals surface area contributed by atoms with E-state index in [-0.39, 0.29) is 0 Å². The molecule has 0 saturated heterocycles. The average molecular weight is 289 g/mol. The van der Waals surface area contributed by atoms with E-state index in [1.807, 2.05) is 0 Å². The van der Waals surface area contributed by atoms with E-state index in [9.17, 15) is 9.59 Å². The molecule has 1 rings (SSSR count). The number of unbranched alkanes of at least 4 members (excludes halogenated alkanes) is 3. The van der Waals surface area contributed by atoms with E-state index >= 15 is 0 Å². The number of halogens is 2. The van der Waals surface area contributed by atoms with Crippen LogP contribution in [0.4, 0.5) is 0 Å². The van der Waals surface area contributed by atoms with Crippen LogP contribution in [0.3, 0.4) is 0 Å². The quantitative estimate of drug-likeness (QED) is 0.562. The molecule has 0 atom stereocenters. The first kappa shape index (κ1) is 17.1. The Kier molecular flexibility index (Phi) is 9.62. The summed E-state index contributed by atoms with van der Waals surface area (Å²) in [5.41, 5.74) is 0.691. The zero-order chi connectivity index (χ0) is 14.0. The number of carbonyl (C=O) groups excluding carboxylic acids is 2. The molecule has 4 heteroatoms. The van der Waals surface area contributed by atoms with Gasteiger partial charge in [-0.25, -0.2) is 0 Å². The monoisotopic (exact) mass is 288 g/mol. The van der Waals surface area contributed by atoms with Crippen LogP contribution in [0.2, 0.25) is 0 Å². The molecule has 1 aromatic carbocycles. The zero-order valence-electron chi connectivity index (χ0n) is 10.7. The second kappa shape index (κ2) is 10.1. The molecule has 2 nitrogen and oxygen atoms in total. The highest BCUT2D eigenvalue weighted by Crippen LogP contribution is 2.08. The molecule has 0 unspecified atom stereocenters. The Morgan fingerprint density at radius 2 is 1.11 bits per heavy atom. The minimum absolute atomic E-state index is 0.346. The second-order valence-corrected chi connectivity index (χ2v) is 4.52. The number of rotatable bonds is 5. The van der Waals surface area contributed by atoms with Crippen molar-refractivity contribution in [2.75, 3.05) is 0 Å². The molecule has 0 aliphatic heterocycles. The first-order valence-electron chi connectivity index (χ1n) is 6.02. The lowest BCUT2D eigenvalue weighted by atomic mass is 10.2. The SMILES string of the molecule is CCCCCC.O=C(Cl)c1ccc(C(=O)Cl)cc1. The van der Waals surface area contributed by atoms with Crippen molar-refractivity contribution >= 4 is 33.7 Å². The minimum atomic E-state index is -0.552. The van der Waals surface area contributed by atoms with Crippen LogP contribution >= 0.6 is 23.2 Å². The Bertz CT molecular complexity index is 335. The minimum Gasteiger partial charge on any atom is -0.276 e. The molecule has 1 aromatic rings. The fourth-order valence-electron chi connectivity index (χ4n) is 1.23. The third-order valence-corrected chi connectivity index (χ3v) is 2.73. The summed E-state index contributed by atoms with van der Waals surface area (Å²) >= 11 is 10.4. The van der Waals surface area contributed by atoms with Crippen molar-refractivity contribution in [2.45, 2.75) is 39.5 Å². The molecule has 0 N–H and O–H groups in total. The third-order valence-electron chi connectivity index (χ3n) is 2.30. The van der Waals surface area contributed by atoms with Gasteiger partial charge in [-0.2, -0.15) is 0 Å². The van der Waals surface area contributed by atoms with Crippen LogP contribution in [0.25, 0.3) is 0 Å². The maximum absolute atomic E-state index is 10.6. The fourth-order valence-corrected chi connectivity index (χ4v) is 1.48. The summed E-state index contributed by atoms with van der Waals surface area (Å²) in [6.45, 7) is 4.46. The molecule has 0 aromatic heterocycles. The molecule has 0 radical (unpaired) electrons. The predicted molar refractivity (Wildman–Crippen MR) is 76.6 cm³/mol. The van der Waals surface area contributed by atoms with Crippen LogP contribution in [0, 0.1) is 0 Å². The lowest BCUT2D eigenvalue weighted by Gasteiger charge is -1.94. The van der Waals surface area contributed by atoms with Gasteiger partial charge in [-0.1, -0.05) is 39.5 Å². The molecule has 0 saturated carbocycles. The van der Waals surface area contributed by atoms with Crippen molar-refractivity contribution in [3.63, 3.8) is 0 Å². The number of benzene rings is 1. The Balaban J connectivity index is 0.000000411. The second-order valence-electron chi connectivity index (χ2n) is 3.83. The van der Waals surface area contributed by atoms with Gasteiger partial charge in [-0.05, 0) is 47.5 Å². The lowest BCUT2D eigenvalue weighted by Crippen LogP contribution is -1.92. The van der Waals surface area contributed by atoms with Crippen molar-refractivity contribution in [3.8, 4) is 0 Å². The first-order chi connectivity index (χ1) is 8.52. The van der Waals surface area contributed by atoms with Crippen LogP contribution in [-0.2, 0) is 0 Å². The van der Waals surface area contributed by atoms with Crippen molar-refractivity contribution in [1.82, 2.24) is 0 Å². The van der Waals surface area contributed by atoms with Crippen molar-refractivity contribution in [3.05, 3.63) is 35.4 Å². The van der Waals surface area contributed by atoms with E-state index in [4.69, 9.17) is 23.2 Å². The first-order valence-corrected chi connectivity index (χ1v) is 6.78. The fraction of sp³-hybridized carbons (Fsp3) is 0.429. The highest BCUT2D eigenvalue weighted by atomic mass is 35.5. The maximum atomic E-state index is 10.6. The van der Waals surface area contributed by atoms with Crippen LogP contribution in [-0.4, -0.2) is 10.5 Å². The van der Waals surface area contributed by atoms with Gasteiger partial charge in [0.05, 0.1) is 0 Å².